The van der Waals surface area contributed by atoms with E-state index in [2.05, 4.69) is 10.6 Å². The molecule has 1 saturated carbocycles. The third kappa shape index (κ3) is 3.94. The second-order valence-electron chi connectivity index (χ2n) is 5.01. The van der Waals surface area contributed by atoms with Crippen molar-refractivity contribution < 1.29 is 14.6 Å². The van der Waals surface area contributed by atoms with Crippen molar-refractivity contribution in [3.05, 3.63) is 0 Å². The smallest absolute Gasteiger partial charge is 0.246 e. The number of aliphatic hydroxyl groups is 1. The van der Waals surface area contributed by atoms with Crippen LogP contribution in [0.2, 0.25) is 0 Å². The molecule has 1 saturated heterocycles. The molecule has 98 valence electrons. The predicted molar refractivity (Wildman–Crippen MR) is 63.6 cm³/mol. The molecule has 5 heteroatoms. The summed E-state index contributed by atoms with van der Waals surface area (Å²) in [7, 11) is 0. The molecule has 0 spiro atoms. The van der Waals surface area contributed by atoms with Crippen molar-refractivity contribution in [3.63, 3.8) is 0 Å². The number of amides is 1. The van der Waals surface area contributed by atoms with E-state index in [1.807, 2.05) is 0 Å². The highest BCUT2D eigenvalue weighted by atomic mass is 16.5. The topological polar surface area (TPSA) is 70.6 Å². The Hall–Kier alpha value is -0.650. The first-order valence-electron chi connectivity index (χ1n) is 6.53. The standard InChI is InChI=1S/C12H22N2O3/c15-11-7-13-5-9(11)6-14-12(16)8-17-10-3-1-2-4-10/h9-11,13,15H,1-8H2,(H,14,16). The molecule has 0 bridgehead atoms. The minimum atomic E-state index is -0.342. The Morgan fingerprint density at radius 3 is 2.76 bits per heavy atom. The van der Waals surface area contributed by atoms with Gasteiger partial charge in [0.05, 0.1) is 12.2 Å². The molecular weight excluding hydrogens is 220 g/mol. The minimum Gasteiger partial charge on any atom is -0.391 e. The van der Waals surface area contributed by atoms with Crippen LogP contribution in [0, 0.1) is 5.92 Å². The maximum atomic E-state index is 11.5. The van der Waals surface area contributed by atoms with Crippen LogP contribution in [0.1, 0.15) is 25.7 Å². The van der Waals surface area contributed by atoms with Crippen LogP contribution in [0.4, 0.5) is 0 Å². The fourth-order valence-corrected chi connectivity index (χ4v) is 2.47. The van der Waals surface area contributed by atoms with Crippen molar-refractivity contribution in [3.8, 4) is 0 Å². The molecule has 2 fully saturated rings. The number of aliphatic hydroxyl groups excluding tert-OH is 1. The second-order valence-corrected chi connectivity index (χ2v) is 5.01. The van der Waals surface area contributed by atoms with Gasteiger partial charge in [0.15, 0.2) is 0 Å². The molecule has 2 atom stereocenters. The Morgan fingerprint density at radius 1 is 1.35 bits per heavy atom. The van der Waals surface area contributed by atoms with E-state index in [0.717, 1.165) is 19.4 Å². The van der Waals surface area contributed by atoms with Gasteiger partial charge in [0.25, 0.3) is 0 Å². The zero-order valence-electron chi connectivity index (χ0n) is 10.2. The molecule has 0 aromatic heterocycles. The number of hydrogen-bond donors (Lipinski definition) is 3. The van der Waals surface area contributed by atoms with Gasteiger partial charge in [0, 0.05) is 25.6 Å². The van der Waals surface area contributed by atoms with E-state index < -0.39 is 0 Å². The number of β-amino-alcohol motifs (C(OH)–C–C–N with tert-alkyl or cyclic N) is 1. The first-order chi connectivity index (χ1) is 8.25. The molecule has 1 amide bonds. The number of carbonyl (C=O) groups excluding carboxylic acids is 1. The van der Waals surface area contributed by atoms with Crippen LogP contribution in [0.5, 0.6) is 0 Å². The summed E-state index contributed by atoms with van der Waals surface area (Å²) in [5, 5.41) is 15.5. The molecule has 2 rings (SSSR count). The summed E-state index contributed by atoms with van der Waals surface area (Å²) >= 11 is 0. The highest BCUT2D eigenvalue weighted by molar-refractivity contribution is 5.77. The molecule has 1 aliphatic heterocycles. The van der Waals surface area contributed by atoms with Crippen molar-refractivity contribution in [2.75, 3.05) is 26.2 Å². The maximum Gasteiger partial charge on any atom is 0.246 e. The van der Waals surface area contributed by atoms with Crippen molar-refractivity contribution in [2.24, 2.45) is 5.92 Å². The van der Waals surface area contributed by atoms with Crippen LogP contribution in [0.25, 0.3) is 0 Å². The van der Waals surface area contributed by atoms with Crippen LogP contribution in [-0.4, -0.2) is 49.5 Å². The third-order valence-corrected chi connectivity index (χ3v) is 3.62. The van der Waals surface area contributed by atoms with Crippen molar-refractivity contribution >= 4 is 5.91 Å². The first-order valence-corrected chi connectivity index (χ1v) is 6.53. The summed E-state index contributed by atoms with van der Waals surface area (Å²) in [6, 6.07) is 0. The van der Waals surface area contributed by atoms with E-state index in [1.165, 1.54) is 12.8 Å². The second kappa shape index (κ2) is 6.33. The normalized spacial score (nSPS) is 29.7. The van der Waals surface area contributed by atoms with Crippen molar-refractivity contribution in [1.29, 1.82) is 0 Å². The molecule has 17 heavy (non-hydrogen) atoms. The Kier molecular flexibility index (Phi) is 4.76. The molecule has 2 aliphatic rings. The van der Waals surface area contributed by atoms with Gasteiger partial charge in [0.1, 0.15) is 6.61 Å². The molecule has 2 unspecified atom stereocenters. The molecule has 1 heterocycles. The molecule has 0 aromatic carbocycles. The summed E-state index contributed by atoms with van der Waals surface area (Å²) in [5.74, 6) is 0.0569. The summed E-state index contributed by atoms with van der Waals surface area (Å²) in [4.78, 5) is 11.5. The molecule has 5 nitrogen and oxygen atoms in total. The van der Waals surface area contributed by atoms with E-state index in [0.29, 0.717) is 13.1 Å². The summed E-state index contributed by atoms with van der Waals surface area (Å²) < 4.78 is 5.52. The van der Waals surface area contributed by atoms with Crippen molar-refractivity contribution in [1.82, 2.24) is 10.6 Å². The average molecular weight is 242 g/mol. The van der Waals surface area contributed by atoms with Gasteiger partial charge in [-0.05, 0) is 12.8 Å². The Bertz CT molecular complexity index is 254. The number of nitrogens with one attached hydrogen (secondary N) is 2. The maximum absolute atomic E-state index is 11.5. The minimum absolute atomic E-state index is 0.0731. The average Bonchev–Trinajstić information content (AvgIpc) is 2.95. The molecule has 0 aromatic rings. The van der Waals surface area contributed by atoms with Crippen molar-refractivity contribution in [2.45, 2.75) is 37.9 Å². The van der Waals surface area contributed by atoms with Gasteiger partial charge in [0.2, 0.25) is 5.91 Å². The first kappa shape index (κ1) is 12.8. The summed E-state index contributed by atoms with van der Waals surface area (Å²) in [5.41, 5.74) is 0. The fraction of sp³-hybridized carbons (Fsp3) is 0.917. The van der Waals surface area contributed by atoms with E-state index >= 15 is 0 Å². The number of carbonyl (C=O) groups is 1. The van der Waals surface area contributed by atoms with Crippen LogP contribution < -0.4 is 10.6 Å². The zero-order valence-corrected chi connectivity index (χ0v) is 10.2. The summed E-state index contributed by atoms with van der Waals surface area (Å²) in [6.45, 7) is 2.08. The largest absolute Gasteiger partial charge is 0.391 e. The lowest BCUT2D eigenvalue weighted by Crippen LogP contribution is -2.36. The van der Waals surface area contributed by atoms with Crippen LogP contribution in [-0.2, 0) is 9.53 Å². The van der Waals surface area contributed by atoms with Gasteiger partial charge in [-0.15, -0.1) is 0 Å². The van der Waals surface area contributed by atoms with E-state index in [9.17, 15) is 9.90 Å². The molecule has 3 N–H and O–H groups in total. The highest BCUT2D eigenvalue weighted by Crippen LogP contribution is 2.20. The Labute approximate surface area is 102 Å². The van der Waals surface area contributed by atoms with E-state index in [-0.39, 0.29) is 30.6 Å². The fourth-order valence-electron chi connectivity index (χ4n) is 2.47. The number of ether oxygens (including phenoxy) is 1. The van der Waals surface area contributed by atoms with E-state index in [4.69, 9.17) is 4.74 Å². The van der Waals surface area contributed by atoms with Gasteiger partial charge < -0.3 is 20.5 Å². The van der Waals surface area contributed by atoms with Gasteiger partial charge in [-0.2, -0.15) is 0 Å². The molecule has 1 aliphatic carbocycles. The monoisotopic (exact) mass is 242 g/mol. The number of hydrogen-bond acceptors (Lipinski definition) is 4. The lowest BCUT2D eigenvalue weighted by Gasteiger charge is -2.15. The van der Waals surface area contributed by atoms with Crippen LogP contribution >= 0.6 is 0 Å². The quantitative estimate of drug-likeness (QED) is 0.616. The zero-order chi connectivity index (χ0) is 12.1. The highest BCUT2D eigenvalue weighted by Gasteiger charge is 2.25. The predicted octanol–water partition coefficient (Wildman–Crippen LogP) is -0.358. The van der Waals surface area contributed by atoms with Gasteiger partial charge in [-0.25, -0.2) is 0 Å². The van der Waals surface area contributed by atoms with Crippen LogP contribution in [0.15, 0.2) is 0 Å². The third-order valence-electron chi connectivity index (χ3n) is 3.62. The molecular formula is C12H22N2O3. The molecule has 0 radical (unpaired) electrons. The summed E-state index contributed by atoms with van der Waals surface area (Å²) in [6.07, 6.45) is 4.53. The Balaban J connectivity index is 1.57. The van der Waals surface area contributed by atoms with Gasteiger partial charge >= 0.3 is 0 Å². The Morgan fingerprint density at radius 2 is 2.12 bits per heavy atom. The van der Waals surface area contributed by atoms with Gasteiger partial charge in [-0.1, -0.05) is 12.8 Å². The van der Waals surface area contributed by atoms with Crippen LogP contribution in [0.3, 0.4) is 0 Å². The lowest BCUT2D eigenvalue weighted by molar-refractivity contribution is -0.127. The van der Waals surface area contributed by atoms with Gasteiger partial charge in [-0.3, -0.25) is 4.79 Å². The SMILES string of the molecule is O=C(COC1CCCC1)NCC1CNCC1O. The lowest BCUT2D eigenvalue weighted by atomic mass is 10.1. The van der Waals surface area contributed by atoms with E-state index in [1.54, 1.807) is 0 Å². The number of rotatable bonds is 5.